The molecule has 0 saturated heterocycles. The van der Waals surface area contributed by atoms with Crippen molar-refractivity contribution in [2.24, 2.45) is 0 Å². The number of hydrogen-bond donors (Lipinski definition) is 0. The zero-order valence-corrected chi connectivity index (χ0v) is 13.5. The van der Waals surface area contributed by atoms with Gasteiger partial charge in [0.25, 0.3) is 0 Å². The van der Waals surface area contributed by atoms with Gasteiger partial charge in [-0.05, 0) is 37.6 Å². The highest BCUT2D eigenvalue weighted by Gasteiger charge is 2.19. The van der Waals surface area contributed by atoms with Crippen LogP contribution in [0.1, 0.15) is 44.2 Å². The van der Waals surface area contributed by atoms with E-state index in [1.165, 1.54) is 11.1 Å². The zero-order valence-electron chi connectivity index (χ0n) is 13.5. The summed E-state index contributed by atoms with van der Waals surface area (Å²) in [4.78, 5) is 2.54. The summed E-state index contributed by atoms with van der Waals surface area (Å²) >= 11 is 0. The molecule has 1 atom stereocenters. The molecule has 0 amide bonds. The number of benzene rings is 2. The van der Waals surface area contributed by atoms with Crippen molar-refractivity contribution < 1.29 is 0 Å². The third kappa shape index (κ3) is 4.18. The molecule has 1 heteroatoms. The van der Waals surface area contributed by atoms with Crippen molar-refractivity contribution in [3.8, 4) is 0 Å². The second-order valence-corrected chi connectivity index (χ2v) is 5.68. The molecule has 0 radical (unpaired) electrons. The Balaban J connectivity index is 2.25. The van der Waals surface area contributed by atoms with Crippen LogP contribution in [-0.2, 0) is 0 Å². The molecule has 1 unspecified atom stereocenters. The number of nitrogens with zero attached hydrogens (tertiary/aromatic N) is 1. The van der Waals surface area contributed by atoms with E-state index < -0.39 is 0 Å². The summed E-state index contributed by atoms with van der Waals surface area (Å²) in [6.45, 7) is 9.09. The highest BCUT2D eigenvalue weighted by molar-refractivity contribution is 5.32. The Bertz CT molecular complexity index is 462. The van der Waals surface area contributed by atoms with Crippen molar-refractivity contribution in [1.29, 1.82) is 0 Å². The van der Waals surface area contributed by atoms with E-state index in [2.05, 4.69) is 86.3 Å². The van der Waals surface area contributed by atoms with E-state index in [-0.39, 0.29) is 0 Å². The van der Waals surface area contributed by atoms with Crippen molar-refractivity contribution in [2.75, 3.05) is 13.1 Å². The van der Waals surface area contributed by atoms with Crippen molar-refractivity contribution >= 4 is 0 Å². The minimum Gasteiger partial charge on any atom is -0.301 e. The first kappa shape index (κ1) is 15.8. The van der Waals surface area contributed by atoms with Gasteiger partial charge in [0.15, 0.2) is 0 Å². The zero-order chi connectivity index (χ0) is 15.1. The van der Waals surface area contributed by atoms with Gasteiger partial charge in [0.05, 0.1) is 0 Å². The van der Waals surface area contributed by atoms with E-state index in [0.29, 0.717) is 12.0 Å². The Kier molecular flexibility index (Phi) is 6.01. The van der Waals surface area contributed by atoms with E-state index >= 15 is 0 Å². The topological polar surface area (TPSA) is 3.24 Å². The second-order valence-electron chi connectivity index (χ2n) is 5.68. The van der Waals surface area contributed by atoms with Gasteiger partial charge in [0, 0.05) is 12.0 Å². The summed E-state index contributed by atoms with van der Waals surface area (Å²) in [6.07, 6.45) is 1.16. The third-order valence-electron chi connectivity index (χ3n) is 4.42. The Hall–Kier alpha value is -1.60. The molecule has 112 valence electrons. The summed E-state index contributed by atoms with van der Waals surface area (Å²) in [5.74, 6) is 0.475. The van der Waals surface area contributed by atoms with Gasteiger partial charge in [-0.25, -0.2) is 0 Å². The highest BCUT2D eigenvalue weighted by Crippen LogP contribution is 2.30. The fourth-order valence-electron chi connectivity index (χ4n) is 3.17. The smallest absolute Gasteiger partial charge is 0.0104 e. The molecule has 0 spiro atoms. The van der Waals surface area contributed by atoms with E-state index in [1.807, 2.05) is 0 Å². The fourth-order valence-corrected chi connectivity index (χ4v) is 3.17. The SMILES string of the molecule is CCN(CC)C(C)CC(c1ccccc1)c1ccccc1. The predicted octanol–water partition coefficient (Wildman–Crippen LogP) is 4.94. The summed E-state index contributed by atoms with van der Waals surface area (Å²) < 4.78 is 0. The lowest BCUT2D eigenvalue weighted by Crippen LogP contribution is -2.34. The third-order valence-corrected chi connectivity index (χ3v) is 4.42. The minimum atomic E-state index is 0.475. The molecule has 0 N–H and O–H groups in total. The molecule has 0 aliphatic heterocycles. The first-order chi connectivity index (χ1) is 10.3. The maximum atomic E-state index is 2.54. The average molecular weight is 281 g/mol. The van der Waals surface area contributed by atoms with Crippen LogP contribution in [0.5, 0.6) is 0 Å². The minimum absolute atomic E-state index is 0.475. The Morgan fingerprint density at radius 2 is 1.19 bits per heavy atom. The standard InChI is InChI=1S/C20H27N/c1-4-21(5-2)17(3)16-20(18-12-8-6-9-13-18)19-14-10-7-11-15-19/h6-15,17,20H,4-5,16H2,1-3H3. The molecule has 0 heterocycles. The van der Waals surface area contributed by atoms with Gasteiger partial charge < -0.3 is 4.90 Å². The van der Waals surface area contributed by atoms with Crippen LogP contribution in [0.25, 0.3) is 0 Å². The lowest BCUT2D eigenvalue weighted by molar-refractivity contribution is 0.216. The molecule has 2 rings (SSSR count). The van der Waals surface area contributed by atoms with E-state index in [9.17, 15) is 0 Å². The molecule has 0 aliphatic rings. The number of rotatable bonds is 7. The van der Waals surface area contributed by atoms with Gasteiger partial charge in [-0.2, -0.15) is 0 Å². The Morgan fingerprint density at radius 3 is 1.57 bits per heavy atom. The van der Waals surface area contributed by atoms with Crippen molar-refractivity contribution in [1.82, 2.24) is 4.90 Å². The maximum absolute atomic E-state index is 2.54. The molecule has 0 aliphatic carbocycles. The van der Waals surface area contributed by atoms with Crippen LogP contribution in [0.15, 0.2) is 60.7 Å². The van der Waals surface area contributed by atoms with Crippen LogP contribution < -0.4 is 0 Å². The lowest BCUT2D eigenvalue weighted by atomic mass is 9.86. The monoisotopic (exact) mass is 281 g/mol. The lowest BCUT2D eigenvalue weighted by Gasteiger charge is -2.30. The molecular weight excluding hydrogens is 254 g/mol. The number of hydrogen-bond acceptors (Lipinski definition) is 1. The van der Waals surface area contributed by atoms with E-state index in [4.69, 9.17) is 0 Å². The Morgan fingerprint density at radius 1 is 0.762 bits per heavy atom. The van der Waals surface area contributed by atoms with Crippen LogP contribution >= 0.6 is 0 Å². The van der Waals surface area contributed by atoms with Gasteiger partial charge in [0.2, 0.25) is 0 Å². The predicted molar refractivity (Wildman–Crippen MR) is 91.7 cm³/mol. The molecule has 0 bridgehead atoms. The van der Waals surface area contributed by atoms with E-state index in [1.54, 1.807) is 0 Å². The van der Waals surface area contributed by atoms with Gasteiger partial charge >= 0.3 is 0 Å². The van der Waals surface area contributed by atoms with Crippen LogP contribution in [0.4, 0.5) is 0 Å². The normalized spacial score (nSPS) is 12.8. The molecule has 21 heavy (non-hydrogen) atoms. The molecular formula is C20H27N. The summed E-state index contributed by atoms with van der Waals surface area (Å²) in [6, 6.07) is 22.4. The average Bonchev–Trinajstić information content (AvgIpc) is 2.55. The fraction of sp³-hybridized carbons (Fsp3) is 0.400. The van der Waals surface area contributed by atoms with Crippen molar-refractivity contribution in [3.05, 3.63) is 71.8 Å². The van der Waals surface area contributed by atoms with Crippen molar-refractivity contribution in [2.45, 2.75) is 39.2 Å². The molecule has 0 fully saturated rings. The maximum Gasteiger partial charge on any atom is 0.0104 e. The highest BCUT2D eigenvalue weighted by atomic mass is 15.1. The van der Waals surface area contributed by atoms with Gasteiger partial charge in [-0.15, -0.1) is 0 Å². The molecule has 0 saturated carbocycles. The Labute approximate surface area is 129 Å². The van der Waals surface area contributed by atoms with Gasteiger partial charge in [-0.1, -0.05) is 74.5 Å². The quantitative estimate of drug-likeness (QED) is 0.695. The van der Waals surface area contributed by atoms with Crippen LogP contribution in [0.2, 0.25) is 0 Å². The second kappa shape index (κ2) is 7.99. The van der Waals surface area contributed by atoms with Gasteiger partial charge in [0.1, 0.15) is 0 Å². The molecule has 2 aromatic rings. The molecule has 2 aromatic carbocycles. The molecule has 1 nitrogen and oxygen atoms in total. The van der Waals surface area contributed by atoms with Crippen LogP contribution in [0, 0.1) is 0 Å². The first-order valence-corrected chi connectivity index (χ1v) is 8.10. The van der Waals surface area contributed by atoms with Gasteiger partial charge in [-0.3, -0.25) is 0 Å². The summed E-state index contributed by atoms with van der Waals surface area (Å²) in [7, 11) is 0. The van der Waals surface area contributed by atoms with Crippen molar-refractivity contribution in [3.63, 3.8) is 0 Å². The van der Waals surface area contributed by atoms with E-state index in [0.717, 1.165) is 19.5 Å². The summed E-state index contributed by atoms with van der Waals surface area (Å²) in [5, 5.41) is 0. The van der Waals surface area contributed by atoms with Crippen LogP contribution in [-0.4, -0.2) is 24.0 Å². The molecule has 0 aromatic heterocycles. The first-order valence-electron chi connectivity index (χ1n) is 8.10. The summed E-state index contributed by atoms with van der Waals surface area (Å²) in [5.41, 5.74) is 2.84. The van der Waals surface area contributed by atoms with Crippen LogP contribution in [0.3, 0.4) is 0 Å². The largest absolute Gasteiger partial charge is 0.301 e.